The lowest BCUT2D eigenvalue weighted by Gasteiger charge is -2.28. The normalized spacial score (nSPS) is 12.4. The first-order valence-corrected chi connectivity index (χ1v) is 13.0. The third kappa shape index (κ3) is 5.83. The molecule has 7 nitrogen and oxygen atoms in total. The molecule has 0 aliphatic heterocycles. The van der Waals surface area contributed by atoms with Crippen molar-refractivity contribution in [2.75, 3.05) is 19.5 Å². The van der Waals surface area contributed by atoms with Crippen molar-refractivity contribution in [3.8, 4) is 11.1 Å². The van der Waals surface area contributed by atoms with Gasteiger partial charge in [0.25, 0.3) is 5.91 Å². The van der Waals surface area contributed by atoms with Crippen LogP contribution in [0.15, 0.2) is 71.6 Å². The summed E-state index contributed by atoms with van der Waals surface area (Å²) in [5.41, 5.74) is 5.12. The minimum atomic E-state index is -3.90. The van der Waals surface area contributed by atoms with Crippen molar-refractivity contribution < 1.29 is 22.7 Å². The Hall–Kier alpha value is -3.49. The molecule has 0 spiro atoms. The van der Waals surface area contributed by atoms with Crippen LogP contribution in [0.1, 0.15) is 35.3 Å². The van der Waals surface area contributed by atoms with E-state index >= 15 is 0 Å². The smallest absolute Gasteiger partial charge is 0.324 e. The molecule has 1 atom stereocenters. The van der Waals surface area contributed by atoms with Gasteiger partial charge in [-0.2, -0.15) is 4.31 Å². The van der Waals surface area contributed by atoms with Crippen LogP contribution in [0.5, 0.6) is 0 Å². The van der Waals surface area contributed by atoms with E-state index in [1.807, 2.05) is 38.1 Å². The summed E-state index contributed by atoms with van der Waals surface area (Å²) in [5, 5.41) is 2.90. The number of esters is 1. The molecule has 0 radical (unpaired) electrons. The van der Waals surface area contributed by atoms with Gasteiger partial charge in [-0.15, -0.1) is 0 Å². The summed E-state index contributed by atoms with van der Waals surface area (Å²) in [7, 11) is -1.28. The number of likely N-dealkylation sites (N-methyl/N-ethyl adjacent to an activating group) is 1. The molecule has 3 rings (SSSR count). The van der Waals surface area contributed by atoms with Crippen molar-refractivity contribution in [2.24, 2.45) is 5.92 Å². The summed E-state index contributed by atoms with van der Waals surface area (Å²) < 4.78 is 32.1. The number of ether oxygens (including phenoxy) is 1. The monoisotopic (exact) mass is 508 g/mol. The maximum Gasteiger partial charge on any atom is 0.324 e. The van der Waals surface area contributed by atoms with E-state index in [0.29, 0.717) is 11.3 Å². The molecule has 36 heavy (non-hydrogen) atoms. The summed E-state index contributed by atoms with van der Waals surface area (Å²) in [6.45, 7) is 7.51. The van der Waals surface area contributed by atoms with Crippen molar-refractivity contribution >= 4 is 27.6 Å². The van der Waals surface area contributed by atoms with E-state index in [-0.39, 0.29) is 16.7 Å². The summed E-state index contributed by atoms with van der Waals surface area (Å²) in [4.78, 5) is 24.8. The predicted octanol–water partition coefficient (Wildman–Crippen LogP) is 5.04. The Morgan fingerprint density at radius 1 is 0.861 bits per heavy atom. The van der Waals surface area contributed by atoms with E-state index in [1.54, 1.807) is 44.2 Å². The molecular weight excluding hydrogens is 476 g/mol. The first kappa shape index (κ1) is 27.1. The first-order valence-electron chi connectivity index (χ1n) is 11.6. The van der Waals surface area contributed by atoms with Crippen molar-refractivity contribution in [3.05, 3.63) is 83.4 Å². The number of hydrogen-bond donors (Lipinski definition) is 1. The number of carbonyl (C=O) groups is 2. The third-order valence-corrected chi connectivity index (χ3v) is 8.10. The van der Waals surface area contributed by atoms with E-state index in [4.69, 9.17) is 4.74 Å². The number of sulfonamides is 1. The van der Waals surface area contributed by atoms with Crippen LogP contribution in [0.25, 0.3) is 11.1 Å². The van der Waals surface area contributed by atoms with Gasteiger partial charge < -0.3 is 10.1 Å². The van der Waals surface area contributed by atoms with E-state index in [9.17, 15) is 18.0 Å². The van der Waals surface area contributed by atoms with Gasteiger partial charge in [-0.25, -0.2) is 8.42 Å². The lowest BCUT2D eigenvalue weighted by molar-refractivity contribution is -0.146. The lowest BCUT2D eigenvalue weighted by Crippen LogP contribution is -2.46. The Kier molecular flexibility index (Phi) is 8.32. The summed E-state index contributed by atoms with van der Waals surface area (Å²) in [6, 6.07) is 18.4. The zero-order chi connectivity index (χ0) is 26.6. The zero-order valence-electron chi connectivity index (χ0n) is 21.4. The van der Waals surface area contributed by atoms with E-state index in [0.717, 1.165) is 26.6 Å². The van der Waals surface area contributed by atoms with Crippen LogP contribution < -0.4 is 5.32 Å². The molecule has 3 aromatic rings. The number of anilines is 1. The van der Waals surface area contributed by atoms with Crippen LogP contribution in [0.2, 0.25) is 0 Å². The fourth-order valence-electron chi connectivity index (χ4n) is 3.93. The average molecular weight is 509 g/mol. The van der Waals surface area contributed by atoms with Gasteiger partial charge in [0.05, 0.1) is 12.0 Å². The van der Waals surface area contributed by atoms with Gasteiger partial charge in [-0.3, -0.25) is 9.59 Å². The highest BCUT2D eigenvalue weighted by molar-refractivity contribution is 7.89. The lowest BCUT2D eigenvalue weighted by atomic mass is 10.0. The Morgan fingerprint density at radius 3 is 1.92 bits per heavy atom. The Balaban J connectivity index is 1.75. The van der Waals surface area contributed by atoms with Gasteiger partial charge in [-0.1, -0.05) is 44.2 Å². The average Bonchev–Trinajstić information content (AvgIpc) is 2.85. The number of benzene rings is 3. The maximum absolute atomic E-state index is 13.1. The maximum atomic E-state index is 13.1. The molecule has 0 aliphatic rings. The number of aryl methyl sites for hydroxylation is 2. The number of rotatable bonds is 8. The van der Waals surface area contributed by atoms with Crippen LogP contribution >= 0.6 is 0 Å². The molecule has 0 unspecified atom stereocenters. The van der Waals surface area contributed by atoms with Gasteiger partial charge in [0.15, 0.2) is 0 Å². The largest absolute Gasteiger partial charge is 0.468 e. The number of nitrogens with one attached hydrogen (secondary N) is 1. The van der Waals surface area contributed by atoms with E-state index < -0.39 is 22.0 Å². The molecular formula is C28H32N2O5S. The summed E-state index contributed by atoms with van der Waals surface area (Å²) in [5.74, 6) is -1.04. The van der Waals surface area contributed by atoms with Gasteiger partial charge in [0.2, 0.25) is 10.0 Å². The van der Waals surface area contributed by atoms with Crippen LogP contribution in [-0.2, 0) is 19.6 Å². The summed E-state index contributed by atoms with van der Waals surface area (Å²) in [6.07, 6.45) is 0. The number of amides is 1. The van der Waals surface area contributed by atoms with Gasteiger partial charge in [0.1, 0.15) is 6.04 Å². The van der Waals surface area contributed by atoms with Gasteiger partial charge >= 0.3 is 5.97 Å². The zero-order valence-corrected chi connectivity index (χ0v) is 22.2. The highest BCUT2D eigenvalue weighted by Crippen LogP contribution is 2.26. The molecule has 190 valence electrons. The second kappa shape index (κ2) is 11.1. The Labute approximate surface area is 213 Å². The fourth-order valence-corrected chi connectivity index (χ4v) is 5.37. The topological polar surface area (TPSA) is 92.8 Å². The molecule has 0 heterocycles. The predicted molar refractivity (Wildman–Crippen MR) is 141 cm³/mol. The Morgan fingerprint density at radius 2 is 1.42 bits per heavy atom. The molecule has 0 fully saturated rings. The van der Waals surface area contributed by atoms with Crippen molar-refractivity contribution in [1.29, 1.82) is 0 Å². The van der Waals surface area contributed by atoms with E-state index in [2.05, 4.69) is 5.32 Å². The molecule has 8 heteroatoms. The molecule has 1 amide bonds. The van der Waals surface area contributed by atoms with Crippen LogP contribution in [0, 0.1) is 19.8 Å². The minimum absolute atomic E-state index is 0.0839. The number of carbonyl (C=O) groups excluding carboxylic acids is 2. The van der Waals surface area contributed by atoms with Gasteiger partial charge in [-0.05, 0) is 78.4 Å². The van der Waals surface area contributed by atoms with Crippen molar-refractivity contribution in [3.63, 3.8) is 0 Å². The van der Waals surface area contributed by atoms with Crippen LogP contribution in [-0.4, -0.2) is 44.8 Å². The molecule has 0 aromatic heterocycles. The number of nitrogens with zero attached hydrogens (tertiary/aromatic N) is 1. The third-order valence-electron chi connectivity index (χ3n) is 6.24. The first-order chi connectivity index (χ1) is 16.9. The Bertz CT molecular complexity index is 1350. The molecule has 0 saturated heterocycles. The highest BCUT2D eigenvalue weighted by Gasteiger charge is 2.35. The second-order valence-corrected chi connectivity index (χ2v) is 11.1. The second-order valence-electron chi connectivity index (χ2n) is 9.09. The molecule has 3 aromatic carbocycles. The number of hydrogen-bond acceptors (Lipinski definition) is 5. The van der Waals surface area contributed by atoms with Gasteiger partial charge in [0, 0.05) is 18.3 Å². The van der Waals surface area contributed by atoms with Crippen molar-refractivity contribution in [1.82, 2.24) is 4.31 Å². The van der Waals surface area contributed by atoms with Crippen LogP contribution in [0.4, 0.5) is 5.69 Å². The SMILES string of the molecule is COC(=O)[C@H](C(C)C)N(C)S(=O)(=O)c1ccc(-c2ccc(NC(=O)c3ccc(C)c(C)c3)cc2)cc1. The standard InChI is InChI=1S/C28H32N2O5S/c1-18(2)26(28(32)35-6)30(5)36(33,34)25-15-11-22(12-16-25)21-9-13-24(14-10-21)29-27(31)23-8-7-19(3)20(4)17-23/h7-18,26H,1-6H3,(H,29,31)/t26-/m0/s1. The minimum Gasteiger partial charge on any atom is -0.468 e. The highest BCUT2D eigenvalue weighted by atomic mass is 32.2. The summed E-state index contributed by atoms with van der Waals surface area (Å²) >= 11 is 0. The molecule has 1 N–H and O–H groups in total. The van der Waals surface area contributed by atoms with Crippen LogP contribution in [0.3, 0.4) is 0 Å². The molecule has 0 saturated carbocycles. The molecule has 0 aliphatic carbocycles. The molecule has 0 bridgehead atoms. The fraction of sp³-hybridized carbons (Fsp3) is 0.286. The van der Waals surface area contributed by atoms with E-state index in [1.165, 1.54) is 26.3 Å². The van der Waals surface area contributed by atoms with Crippen molar-refractivity contribution in [2.45, 2.75) is 38.6 Å². The quantitative estimate of drug-likeness (QED) is 0.430. The number of methoxy groups -OCH3 is 1.